The Bertz CT molecular complexity index is 540. The van der Waals surface area contributed by atoms with Gasteiger partial charge < -0.3 is 10.4 Å². The molecule has 0 radical (unpaired) electrons. The molecule has 0 aliphatic heterocycles. The van der Waals surface area contributed by atoms with E-state index in [0.717, 1.165) is 17.0 Å². The molecule has 2 aromatic rings. The van der Waals surface area contributed by atoms with E-state index in [1.807, 2.05) is 17.5 Å². The van der Waals surface area contributed by atoms with Crippen molar-refractivity contribution in [3.63, 3.8) is 0 Å². The van der Waals surface area contributed by atoms with Gasteiger partial charge in [0.2, 0.25) is 0 Å². The third-order valence-electron chi connectivity index (χ3n) is 2.86. The van der Waals surface area contributed by atoms with Gasteiger partial charge in [0.1, 0.15) is 17.2 Å². The van der Waals surface area contributed by atoms with Gasteiger partial charge in [0.05, 0.1) is 0 Å². The van der Waals surface area contributed by atoms with Gasteiger partial charge in [-0.25, -0.2) is 8.78 Å². The number of thiophene rings is 1. The largest absolute Gasteiger partial charge is 0.384 e. The average molecular weight is 283 g/mol. The van der Waals surface area contributed by atoms with Crippen LogP contribution in [0.1, 0.15) is 17.4 Å². The van der Waals surface area contributed by atoms with Crippen molar-refractivity contribution in [2.75, 3.05) is 6.54 Å². The van der Waals surface area contributed by atoms with Gasteiger partial charge in [-0.3, -0.25) is 0 Å². The summed E-state index contributed by atoms with van der Waals surface area (Å²) in [4.78, 5) is 1.13. The molecule has 0 amide bonds. The number of aliphatic hydroxyl groups is 1. The van der Waals surface area contributed by atoms with Gasteiger partial charge in [-0.05, 0) is 24.4 Å². The fraction of sp³-hybridized carbons (Fsp3) is 0.286. The van der Waals surface area contributed by atoms with E-state index in [1.54, 1.807) is 11.3 Å². The lowest BCUT2D eigenvalue weighted by atomic mass is 9.95. The summed E-state index contributed by atoms with van der Waals surface area (Å²) in [5.74, 6) is -1.38. The van der Waals surface area contributed by atoms with E-state index >= 15 is 0 Å². The maximum Gasteiger partial charge on any atom is 0.132 e. The van der Waals surface area contributed by atoms with Crippen molar-refractivity contribution in [1.82, 2.24) is 5.32 Å². The lowest BCUT2D eigenvalue weighted by Crippen LogP contribution is -2.35. The molecule has 2 rings (SSSR count). The molecular formula is C14H15F2NOS. The minimum absolute atomic E-state index is 0.0904. The molecule has 2 nitrogen and oxygen atoms in total. The van der Waals surface area contributed by atoms with Gasteiger partial charge in [-0.15, -0.1) is 11.3 Å². The van der Waals surface area contributed by atoms with Crippen LogP contribution in [0, 0.1) is 11.6 Å². The van der Waals surface area contributed by atoms with Gasteiger partial charge in [-0.2, -0.15) is 0 Å². The molecule has 0 spiro atoms. The molecule has 1 atom stereocenters. The predicted molar refractivity (Wildman–Crippen MR) is 72.0 cm³/mol. The molecule has 0 fully saturated rings. The average Bonchev–Trinajstić information content (AvgIpc) is 2.81. The molecule has 1 aromatic carbocycles. The highest BCUT2D eigenvalue weighted by molar-refractivity contribution is 7.09. The van der Waals surface area contributed by atoms with Crippen LogP contribution in [0.2, 0.25) is 0 Å². The van der Waals surface area contributed by atoms with Crippen molar-refractivity contribution in [2.24, 2.45) is 0 Å². The molecule has 1 unspecified atom stereocenters. The molecule has 5 heteroatoms. The van der Waals surface area contributed by atoms with Crippen LogP contribution >= 0.6 is 11.3 Å². The van der Waals surface area contributed by atoms with E-state index in [4.69, 9.17) is 0 Å². The third kappa shape index (κ3) is 3.59. The molecule has 0 aliphatic rings. The van der Waals surface area contributed by atoms with Crippen molar-refractivity contribution in [1.29, 1.82) is 0 Å². The van der Waals surface area contributed by atoms with Crippen molar-refractivity contribution in [3.8, 4) is 0 Å². The van der Waals surface area contributed by atoms with Gasteiger partial charge in [-0.1, -0.05) is 12.1 Å². The quantitative estimate of drug-likeness (QED) is 0.884. The van der Waals surface area contributed by atoms with Crippen LogP contribution in [0.25, 0.3) is 0 Å². The number of benzene rings is 1. The first-order chi connectivity index (χ1) is 8.99. The molecule has 1 heterocycles. The summed E-state index contributed by atoms with van der Waals surface area (Å²) >= 11 is 1.61. The van der Waals surface area contributed by atoms with Crippen LogP contribution in [-0.2, 0) is 12.1 Å². The van der Waals surface area contributed by atoms with Crippen molar-refractivity contribution >= 4 is 11.3 Å². The fourth-order valence-electron chi connectivity index (χ4n) is 1.86. The first-order valence-corrected chi connectivity index (χ1v) is 6.78. The van der Waals surface area contributed by atoms with Gasteiger partial charge in [0.25, 0.3) is 0 Å². The molecule has 102 valence electrons. The second-order valence-electron chi connectivity index (χ2n) is 4.58. The summed E-state index contributed by atoms with van der Waals surface area (Å²) in [7, 11) is 0. The van der Waals surface area contributed by atoms with Crippen LogP contribution in [-0.4, -0.2) is 11.7 Å². The van der Waals surface area contributed by atoms with Crippen LogP contribution in [0.15, 0.2) is 35.7 Å². The Balaban J connectivity index is 2.01. The summed E-state index contributed by atoms with van der Waals surface area (Å²) in [5.41, 5.74) is -1.29. The Morgan fingerprint density at radius 2 is 2.11 bits per heavy atom. The van der Waals surface area contributed by atoms with Crippen molar-refractivity contribution in [2.45, 2.75) is 19.1 Å². The Morgan fingerprint density at radius 3 is 2.74 bits per heavy atom. The third-order valence-corrected chi connectivity index (χ3v) is 3.74. The number of hydrogen-bond donors (Lipinski definition) is 2. The molecule has 0 saturated carbocycles. The van der Waals surface area contributed by atoms with E-state index in [-0.39, 0.29) is 12.1 Å². The summed E-state index contributed by atoms with van der Waals surface area (Å²) in [5, 5.41) is 15.3. The first kappa shape index (κ1) is 14.1. The minimum Gasteiger partial charge on any atom is -0.384 e. The lowest BCUT2D eigenvalue weighted by Gasteiger charge is -2.24. The van der Waals surface area contributed by atoms with Crippen LogP contribution < -0.4 is 5.32 Å². The molecule has 19 heavy (non-hydrogen) atoms. The van der Waals surface area contributed by atoms with Crippen molar-refractivity contribution < 1.29 is 13.9 Å². The minimum atomic E-state index is -1.38. The lowest BCUT2D eigenvalue weighted by molar-refractivity contribution is 0.0529. The number of rotatable bonds is 5. The summed E-state index contributed by atoms with van der Waals surface area (Å²) in [6.07, 6.45) is 0. The topological polar surface area (TPSA) is 32.3 Å². The monoisotopic (exact) mass is 283 g/mol. The smallest absolute Gasteiger partial charge is 0.132 e. The van der Waals surface area contributed by atoms with E-state index in [9.17, 15) is 13.9 Å². The highest BCUT2D eigenvalue weighted by Crippen LogP contribution is 2.23. The van der Waals surface area contributed by atoms with Gasteiger partial charge in [0, 0.05) is 29.6 Å². The Hall–Kier alpha value is -1.30. The Kier molecular flexibility index (Phi) is 4.29. The van der Waals surface area contributed by atoms with E-state index in [2.05, 4.69) is 5.32 Å². The summed E-state index contributed by atoms with van der Waals surface area (Å²) in [6, 6.07) is 7.12. The maximum atomic E-state index is 13.6. The maximum absolute atomic E-state index is 13.6. The molecule has 1 aromatic heterocycles. The fourth-order valence-corrected chi connectivity index (χ4v) is 2.54. The van der Waals surface area contributed by atoms with Crippen LogP contribution in [0.3, 0.4) is 0 Å². The van der Waals surface area contributed by atoms with Crippen LogP contribution in [0.5, 0.6) is 0 Å². The molecule has 0 aliphatic carbocycles. The molecule has 0 bridgehead atoms. The van der Waals surface area contributed by atoms with E-state index in [0.29, 0.717) is 6.54 Å². The highest BCUT2D eigenvalue weighted by Gasteiger charge is 2.26. The highest BCUT2D eigenvalue weighted by atomic mass is 32.1. The van der Waals surface area contributed by atoms with Crippen LogP contribution in [0.4, 0.5) is 8.78 Å². The zero-order chi connectivity index (χ0) is 13.9. The molecule has 0 saturated heterocycles. The molecule has 2 N–H and O–H groups in total. The molecular weight excluding hydrogens is 268 g/mol. The summed E-state index contributed by atoms with van der Waals surface area (Å²) in [6.45, 7) is 2.30. The van der Waals surface area contributed by atoms with Gasteiger partial charge >= 0.3 is 0 Å². The Morgan fingerprint density at radius 1 is 1.32 bits per heavy atom. The van der Waals surface area contributed by atoms with Crippen molar-refractivity contribution in [3.05, 3.63) is 57.8 Å². The normalized spacial score (nSPS) is 14.3. The SMILES string of the molecule is CC(O)(CNCc1cccs1)c1ccc(F)cc1F. The number of nitrogens with one attached hydrogen (secondary N) is 1. The number of hydrogen-bond acceptors (Lipinski definition) is 3. The van der Waals surface area contributed by atoms with Gasteiger partial charge in [0.15, 0.2) is 0 Å². The first-order valence-electron chi connectivity index (χ1n) is 5.90. The standard InChI is InChI=1S/C14H15F2NOS/c1-14(18,9-17-8-11-3-2-6-19-11)12-5-4-10(15)7-13(12)16/h2-7,17-18H,8-9H2,1H3. The second kappa shape index (κ2) is 5.77. The second-order valence-corrected chi connectivity index (χ2v) is 5.61. The zero-order valence-corrected chi connectivity index (χ0v) is 11.3. The zero-order valence-electron chi connectivity index (χ0n) is 10.5. The predicted octanol–water partition coefficient (Wildman–Crippen LogP) is 3.02. The number of halogens is 2. The summed E-state index contributed by atoms with van der Waals surface area (Å²) < 4.78 is 26.5. The van der Waals surface area contributed by atoms with E-state index < -0.39 is 17.2 Å². The van der Waals surface area contributed by atoms with E-state index in [1.165, 1.54) is 13.0 Å². The Labute approximate surface area is 114 Å².